The number of aryl methyl sites for hydroxylation is 1. The second-order valence-electron chi connectivity index (χ2n) is 3.03. The molecule has 0 saturated heterocycles. The molecule has 1 aliphatic rings. The zero-order valence-corrected chi connectivity index (χ0v) is 6.91. The average molecular weight is 161 g/mol. The zero-order chi connectivity index (χ0) is 8.55. The van der Waals surface area contributed by atoms with Crippen LogP contribution in [0, 0.1) is 6.92 Å². The molecule has 0 radical (unpaired) electrons. The van der Waals surface area contributed by atoms with Gasteiger partial charge in [0.15, 0.2) is 6.23 Å². The first-order valence-electron chi connectivity index (χ1n) is 3.98. The molecule has 12 heavy (non-hydrogen) atoms. The Bertz CT molecular complexity index is 331. The number of fused-ring (bicyclic) bond motifs is 1. The Kier molecular flexibility index (Phi) is 1.62. The van der Waals surface area contributed by atoms with Gasteiger partial charge >= 0.3 is 0 Å². The van der Waals surface area contributed by atoms with Crippen molar-refractivity contribution in [1.82, 2.24) is 5.32 Å². The summed E-state index contributed by atoms with van der Waals surface area (Å²) in [6, 6.07) is 6.02. The SMILES string of the molecule is Cc1ccc2c(c1)C=CNC2O. The molecule has 0 spiro atoms. The predicted octanol–water partition coefficient (Wildman–Crippen LogP) is 1.56. The molecule has 62 valence electrons. The predicted molar refractivity (Wildman–Crippen MR) is 48.3 cm³/mol. The summed E-state index contributed by atoms with van der Waals surface area (Å²) < 4.78 is 0. The monoisotopic (exact) mass is 161 g/mol. The number of hydrogen-bond acceptors (Lipinski definition) is 2. The molecule has 2 nitrogen and oxygen atoms in total. The van der Waals surface area contributed by atoms with Crippen LogP contribution in [-0.4, -0.2) is 5.11 Å². The average Bonchev–Trinajstić information content (AvgIpc) is 2.04. The summed E-state index contributed by atoms with van der Waals surface area (Å²) >= 11 is 0. The largest absolute Gasteiger partial charge is 0.369 e. The van der Waals surface area contributed by atoms with Crippen molar-refractivity contribution in [2.45, 2.75) is 13.2 Å². The minimum Gasteiger partial charge on any atom is -0.369 e. The maximum Gasteiger partial charge on any atom is 0.150 e. The van der Waals surface area contributed by atoms with Crippen LogP contribution in [0.3, 0.4) is 0 Å². The molecule has 2 N–H and O–H groups in total. The number of nitrogens with one attached hydrogen (secondary N) is 1. The summed E-state index contributed by atoms with van der Waals surface area (Å²) in [6.45, 7) is 2.04. The van der Waals surface area contributed by atoms with Crippen LogP contribution in [0.25, 0.3) is 6.08 Å². The van der Waals surface area contributed by atoms with E-state index in [9.17, 15) is 5.11 Å². The van der Waals surface area contributed by atoms with Crippen molar-refractivity contribution in [2.24, 2.45) is 0 Å². The van der Waals surface area contributed by atoms with Crippen molar-refractivity contribution in [3.63, 3.8) is 0 Å². The lowest BCUT2D eigenvalue weighted by Gasteiger charge is -2.18. The van der Waals surface area contributed by atoms with E-state index >= 15 is 0 Å². The minimum absolute atomic E-state index is 0.550. The van der Waals surface area contributed by atoms with Crippen LogP contribution in [0.1, 0.15) is 22.9 Å². The van der Waals surface area contributed by atoms with Crippen molar-refractivity contribution in [3.05, 3.63) is 41.1 Å². The van der Waals surface area contributed by atoms with Gasteiger partial charge in [-0.05, 0) is 24.8 Å². The lowest BCUT2D eigenvalue weighted by atomic mass is 10.0. The van der Waals surface area contributed by atoms with Gasteiger partial charge in [-0.25, -0.2) is 0 Å². The van der Waals surface area contributed by atoms with E-state index in [0.717, 1.165) is 11.1 Å². The van der Waals surface area contributed by atoms with Gasteiger partial charge in [0.25, 0.3) is 0 Å². The van der Waals surface area contributed by atoms with Crippen LogP contribution in [0.5, 0.6) is 0 Å². The van der Waals surface area contributed by atoms with E-state index in [0.29, 0.717) is 0 Å². The number of hydrogen-bond donors (Lipinski definition) is 2. The Labute approximate surface area is 71.5 Å². The molecule has 1 heterocycles. The van der Waals surface area contributed by atoms with Gasteiger partial charge in [0.05, 0.1) is 0 Å². The Balaban J connectivity index is 2.55. The third kappa shape index (κ3) is 1.10. The number of benzene rings is 1. The molecule has 2 rings (SSSR count). The lowest BCUT2D eigenvalue weighted by Crippen LogP contribution is -2.18. The summed E-state index contributed by atoms with van der Waals surface area (Å²) in [6.07, 6.45) is 3.19. The standard InChI is InChI=1S/C10H11NO/c1-7-2-3-9-8(6-7)4-5-11-10(9)12/h2-6,10-12H,1H3. The van der Waals surface area contributed by atoms with E-state index in [2.05, 4.69) is 11.4 Å². The fraction of sp³-hybridized carbons (Fsp3) is 0.200. The van der Waals surface area contributed by atoms with Gasteiger partial charge in [0.1, 0.15) is 0 Å². The third-order valence-corrected chi connectivity index (χ3v) is 2.05. The van der Waals surface area contributed by atoms with Crippen molar-refractivity contribution in [3.8, 4) is 0 Å². The Hall–Kier alpha value is -1.28. The molecule has 2 heteroatoms. The van der Waals surface area contributed by atoms with Crippen LogP contribution in [-0.2, 0) is 0 Å². The number of aliphatic hydroxyl groups is 1. The van der Waals surface area contributed by atoms with E-state index in [1.54, 1.807) is 6.20 Å². The van der Waals surface area contributed by atoms with Crippen LogP contribution in [0.4, 0.5) is 0 Å². The molecule has 1 aromatic carbocycles. The van der Waals surface area contributed by atoms with Crippen molar-refractivity contribution in [1.29, 1.82) is 0 Å². The van der Waals surface area contributed by atoms with Gasteiger partial charge in [0.2, 0.25) is 0 Å². The van der Waals surface area contributed by atoms with Crippen molar-refractivity contribution >= 4 is 6.08 Å². The molecule has 0 saturated carbocycles. The molecular weight excluding hydrogens is 150 g/mol. The van der Waals surface area contributed by atoms with Crippen LogP contribution >= 0.6 is 0 Å². The molecule has 0 aliphatic carbocycles. The second-order valence-corrected chi connectivity index (χ2v) is 3.03. The van der Waals surface area contributed by atoms with Gasteiger partial charge in [-0.3, -0.25) is 0 Å². The highest BCUT2D eigenvalue weighted by Crippen LogP contribution is 2.22. The quantitative estimate of drug-likeness (QED) is 0.605. The molecule has 0 fully saturated rings. The van der Waals surface area contributed by atoms with Gasteiger partial charge < -0.3 is 10.4 Å². The smallest absolute Gasteiger partial charge is 0.150 e. The van der Waals surface area contributed by atoms with Gasteiger partial charge in [-0.1, -0.05) is 23.8 Å². The maximum atomic E-state index is 9.49. The highest BCUT2D eigenvalue weighted by atomic mass is 16.3. The van der Waals surface area contributed by atoms with Gasteiger partial charge in [-0.2, -0.15) is 0 Å². The van der Waals surface area contributed by atoms with E-state index in [4.69, 9.17) is 0 Å². The number of rotatable bonds is 0. The molecule has 1 aliphatic heterocycles. The molecule has 1 aromatic rings. The van der Waals surface area contributed by atoms with Crippen molar-refractivity contribution < 1.29 is 5.11 Å². The second kappa shape index (κ2) is 2.64. The molecule has 0 aromatic heterocycles. The maximum absolute atomic E-state index is 9.49. The molecule has 1 atom stereocenters. The highest BCUT2D eigenvalue weighted by molar-refractivity contribution is 5.57. The Morgan fingerprint density at radius 1 is 1.42 bits per heavy atom. The zero-order valence-electron chi connectivity index (χ0n) is 6.91. The third-order valence-electron chi connectivity index (χ3n) is 2.05. The first-order valence-corrected chi connectivity index (χ1v) is 3.98. The first-order chi connectivity index (χ1) is 5.77. The first kappa shape index (κ1) is 7.37. The Morgan fingerprint density at radius 3 is 3.08 bits per heavy atom. The van der Waals surface area contributed by atoms with Crippen LogP contribution in [0.15, 0.2) is 24.4 Å². The molecular formula is C10H11NO. The molecule has 0 bridgehead atoms. The van der Waals surface area contributed by atoms with Crippen LogP contribution < -0.4 is 5.32 Å². The molecule has 0 amide bonds. The van der Waals surface area contributed by atoms with E-state index in [-0.39, 0.29) is 0 Å². The fourth-order valence-corrected chi connectivity index (χ4v) is 1.41. The Morgan fingerprint density at radius 2 is 2.25 bits per heavy atom. The summed E-state index contributed by atoms with van der Waals surface area (Å²) in [5, 5.41) is 12.3. The van der Waals surface area contributed by atoms with Gasteiger partial charge in [0, 0.05) is 5.56 Å². The van der Waals surface area contributed by atoms with Gasteiger partial charge in [-0.15, -0.1) is 0 Å². The minimum atomic E-state index is -0.550. The highest BCUT2D eigenvalue weighted by Gasteiger charge is 2.11. The van der Waals surface area contributed by atoms with E-state index < -0.39 is 6.23 Å². The summed E-state index contributed by atoms with van der Waals surface area (Å²) in [4.78, 5) is 0. The van der Waals surface area contributed by atoms with E-state index in [1.807, 2.05) is 25.1 Å². The fourth-order valence-electron chi connectivity index (χ4n) is 1.41. The van der Waals surface area contributed by atoms with Crippen LogP contribution in [0.2, 0.25) is 0 Å². The van der Waals surface area contributed by atoms with E-state index in [1.165, 1.54) is 5.56 Å². The molecule has 1 unspecified atom stereocenters. The van der Waals surface area contributed by atoms with Crippen molar-refractivity contribution in [2.75, 3.05) is 0 Å². The number of aliphatic hydroxyl groups excluding tert-OH is 1. The normalized spacial score (nSPS) is 20.0. The summed E-state index contributed by atoms with van der Waals surface area (Å²) in [7, 11) is 0. The topological polar surface area (TPSA) is 32.3 Å². The lowest BCUT2D eigenvalue weighted by molar-refractivity contribution is 0.154. The summed E-state index contributed by atoms with van der Waals surface area (Å²) in [5.41, 5.74) is 3.26. The summed E-state index contributed by atoms with van der Waals surface area (Å²) in [5.74, 6) is 0.